The van der Waals surface area contributed by atoms with E-state index in [1.807, 2.05) is 0 Å². The van der Waals surface area contributed by atoms with Crippen LogP contribution >= 0.6 is 0 Å². The van der Waals surface area contributed by atoms with E-state index in [0.717, 1.165) is 4.31 Å². The summed E-state index contributed by atoms with van der Waals surface area (Å²) in [5.41, 5.74) is -0.109. The minimum absolute atomic E-state index is 0.0626. The summed E-state index contributed by atoms with van der Waals surface area (Å²) in [4.78, 5) is 26.5. The van der Waals surface area contributed by atoms with Gasteiger partial charge >= 0.3 is 5.97 Å². The number of aromatic nitrogens is 1. The highest BCUT2D eigenvalue weighted by Gasteiger charge is 2.36. The van der Waals surface area contributed by atoms with Gasteiger partial charge in [0.25, 0.3) is 15.6 Å². The van der Waals surface area contributed by atoms with Crippen molar-refractivity contribution in [3.63, 3.8) is 0 Å². The number of pyridine rings is 1. The molecule has 31 heavy (non-hydrogen) atoms. The molecule has 0 spiro atoms. The molecule has 3 rings (SSSR count). The SMILES string of the molecule is Cc1c[nH]c(=O)c(S(=O)(=O)N2C[C@H](CO)Oc3ccc(CC(=O)OC(C)(C)C)cc32)c1. The van der Waals surface area contributed by atoms with Gasteiger partial charge in [-0.25, -0.2) is 8.42 Å². The van der Waals surface area contributed by atoms with Crippen LogP contribution in [0.25, 0.3) is 0 Å². The molecule has 10 heteroatoms. The lowest BCUT2D eigenvalue weighted by molar-refractivity contribution is -0.153. The Morgan fingerprint density at radius 1 is 1.32 bits per heavy atom. The Kier molecular flexibility index (Phi) is 6.15. The molecule has 1 aliphatic heterocycles. The molecule has 1 aromatic carbocycles. The molecular weight excluding hydrogens is 424 g/mol. The number of rotatable bonds is 5. The number of fused-ring (bicyclic) bond motifs is 1. The number of carbonyl (C=O) groups is 1. The zero-order valence-electron chi connectivity index (χ0n) is 17.8. The largest absolute Gasteiger partial charge is 0.484 e. The molecule has 0 saturated carbocycles. The molecule has 0 aliphatic carbocycles. The Morgan fingerprint density at radius 2 is 2.03 bits per heavy atom. The van der Waals surface area contributed by atoms with Gasteiger partial charge in [0.15, 0.2) is 4.90 Å². The molecule has 0 amide bonds. The maximum atomic E-state index is 13.4. The molecule has 1 aromatic heterocycles. The summed E-state index contributed by atoms with van der Waals surface area (Å²) in [6.45, 7) is 6.35. The number of esters is 1. The Morgan fingerprint density at radius 3 is 2.68 bits per heavy atom. The highest BCUT2D eigenvalue weighted by atomic mass is 32.2. The van der Waals surface area contributed by atoms with E-state index in [1.54, 1.807) is 39.8 Å². The van der Waals surface area contributed by atoms with Crippen molar-refractivity contribution in [2.75, 3.05) is 17.5 Å². The first kappa shape index (κ1) is 22.8. The maximum absolute atomic E-state index is 13.4. The Bertz CT molecular complexity index is 1150. The molecule has 0 bridgehead atoms. The van der Waals surface area contributed by atoms with Gasteiger partial charge in [0.2, 0.25) is 0 Å². The molecule has 2 aromatic rings. The van der Waals surface area contributed by atoms with E-state index in [1.165, 1.54) is 18.3 Å². The third-order valence-electron chi connectivity index (χ3n) is 4.51. The summed E-state index contributed by atoms with van der Waals surface area (Å²) in [5.74, 6) is -0.229. The molecule has 0 unspecified atom stereocenters. The molecule has 0 saturated heterocycles. The van der Waals surface area contributed by atoms with Crippen molar-refractivity contribution in [2.45, 2.75) is 50.7 Å². The number of nitrogens with zero attached hydrogens (tertiary/aromatic N) is 1. The van der Waals surface area contributed by atoms with Crippen LogP contribution < -0.4 is 14.6 Å². The van der Waals surface area contributed by atoms with E-state index < -0.39 is 44.8 Å². The normalized spacial score (nSPS) is 16.4. The summed E-state index contributed by atoms with van der Waals surface area (Å²) in [7, 11) is -4.26. The van der Waals surface area contributed by atoms with E-state index in [9.17, 15) is 23.1 Å². The van der Waals surface area contributed by atoms with E-state index in [2.05, 4.69) is 4.98 Å². The van der Waals surface area contributed by atoms with Gasteiger partial charge in [-0.3, -0.25) is 13.9 Å². The van der Waals surface area contributed by atoms with Gasteiger partial charge in [-0.15, -0.1) is 0 Å². The highest BCUT2D eigenvalue weighted by molar-refractivity contribution is 7.92. The number of aromatic amines is 1. The number of ether oxygens (including phenoxy) is 2. The lowest BCUT2D eigenvalue weighted by Gasteiger charge is -2.35. The Balaban J connectivity index is 2.04. The van der Waals surface area contributed by atoms with Crippen molar-refractivity contribution in [1.82, 2.24) is 4.98 Å². The molecule has 168 valence electrons. The van der Waals surface area contributed by atoms with Gasteiger partial charge < -0.3 is 19.6 Å². The highest BCUT2D eigenvalue weighted by Crippen LogP contribution is 2.37. The average molecular weight is 451 g/mol. The monoisotopic (exact) mass is 450 g/mol. The first-order valence-electron chi connectivity index (χ1n) is 9.75. The third-order valence-corrected chi connectivity index (χ3v) is 6.29. The Hall–Kier alpha value is -2.85. The standard InChI is InChI=1S/C21H26N2O7S/c1-13-7-18(20(26)22-10-13)31(27,28)23-11-15(12-24)29-17-6-5-14(8-16(17)23)9-19(25)30-21(2,3)4/h5-8,10,15,24H,9,11-12H2,1-4H3,(H,22,26)/t15-/m1/s1. The zero-order chi connectivity index (χ0) is 23.0. The lowest BCUT2D eigenvalue weighted by atomic mass is 10.1. The van der Waals surface area contributed by atoms with E-state index in [4.69, 9.17) is 9.47 Å². The number of anilines is 1. The van der Waals surface area contributed by atoms with Crippen LogP contribution in [0.1, 0.15) is 31.9 Å². The molecule has 0 fully saturated rings. The van der Waals surface area contributed by atoms with Crippen molar-refractivity contribution in [2.24, 2.45) is 0 Å². The fourth-order valence-electron chi connectivity index (χ4n) is 3.21. The number of sulfonamides is 1. The van der Waals surface area contributed by atoms with Crippen LogP contribution in [0.5, 0.6) is 5.75 Å². The topological polar surface area (TPSA) is 126 Å². The van der Waals surface area contributed by atoms with Gasteiger partial charge in [0.05, 0.1) is 25.3 Å². The summed E-state index contributed by atoms with van der Waals surface area (Å²) in [6, 6.07) is 5.99. The second kappa shape index (κ2) is 8.35. The van der Waals surface area contributed by atoms with Gasteiger partial charge in [-0.05, 0) is 57.0 Å². The lowest BCUT2D eigenvalue weighted by Crippen LogP contribution is -2.46. The number of aliphatic hydroxyl groups is 1. The second-order valence-corrected chi connectivity index (χ2v) is 10.2. The molecule has 2 N–H and O–H groups in total. The fourth-order valence-corrected chi connectivity index (χ4v) is 4.84. The summed E-state index contributed by atoms with van der Waals surface area (Å²) < 4.78 is 38.8. The molecular formula is C21H26N2O7S. The zero-order valence-corrected chi connectivity index (χ0v) is 18.7. The van der Waals surface area contributed by atoms with Crippen LogP contribution in [0.15, 0.2) is 40.2 Å². The van der Waals surface area contributed by atoms with E-state index in [-0.39, 0.29) is 24.4 Å². The average Bonchev–Trinajstić information content (AvgIpc) is 2.67. The maximum Gasteiger partial charge on any atom is 0.310 e. The second-order valence-electron chi connectivity index (χ2n) is 8.39. The quantitative estimate of drug-likeness (QED) is 0.662. The van der Waals surface area contributed by atoms with E-state index in [0.29, 0.717) is 11.1 Å². The number of hydrogen-bond donors (Lipinski definition) is 2. The molecule has 1 aliphatic rings. The smallest absolute Gasteiger partial charge is 0.310 e. The van der Waals surface area contributed by atoms with Crippen LogP contribution in [0.3, 0.4) is 0 Å². The van der Waals surface area contributed by atoms with E-state index >= 15 is 0 Å². The van der Waals surface area contributed by atoms with Crippen molar-refractivity contribution in [3.05, 3.63) is 51.9 Å². The number of carbonyl (C=O) groups excluding carboxylic acids is 1. The van der Waals surface area contributed by atoms with Crippen LogP contribution in [0.4, 0.5) is 5.69 Å². The van der Waals surface area contributed by atoms with Crippen molar-refractivity contribution < 1.29 is 27.8 Å². The number of benzene rings is 1. The fraction of sp³-hybridized carbons (Fsp3) is 0.429. The Labute approximate surface area is 180 Å². The number of hydrogen-bond acceptors (Lipinski definition) is 7. The predicted octanol–water partition coefficient (Wildman–Crippen LogP) is 1.52. The summed E-state index contributed by atoms with van der Waals surface area (Å²) in [5, 5.41) is 9.58. The van der Waals surface area contributed by atoms with Gasteiger partial charge in [-0.1, -0.05) is 6.07 Å². The summed E-state index contributed by atoms with van der Waals surface area (Å²) in [6.07, 6.45) is 0.555. The molecule has 1 atom stereocenters. The minimum atomic E-state index is -4.26. The van der Waals surface area contributed by atoms with Crippen LogP contribution in [-0.4, -0.2) is 49.3 Å². The van der Waals surface area contributed by atoms with Crippen molar-refractivity contribution in [1.29, 1.82) is 0 Å². The summed E-state index contributed by atoms with van der Waals surface area (Å²) >= 11 is 0. The van der Waals surface area contributed by atoms with Crippen molar-refractivity contribution in [3.8, 4) is 5.75 Å². The number of aryl methyl sites for hydroxylation is 1. The van der Waals surface area contributed by atoms with Crippen LogP contribution in [0, 0.1) is 6.92 Å². The van der Waals surface area contributed by atoms with Gasteiger partial charge in [0.1, 0.15) is 17.5 Å². The van der Waals surface area contributed by atoms with Gasteiger partial charge in [0, 0.05) is 6.20 Å². The molecule has 2 heterocycles. The number of H-pyrrole nitrogens is 1. The molecule has 9 nitrogen and oxygen atoms in total. The van der Waals surface area contributed by atoms with Crippen molar-refractivity contribution >= 4 is 21.7 Å². The number of nitrogens with one attached hydrogen (secondary N) is 1. The predicted molar refractivity (Wildman–Crippen MR) is 114 cm³/mol. The third kappa shape index (κ3) is 5.08. The van der Waals surface area contributed by atoms with Crippen LogP contribution in [0.2, 0.25) is 0 Å². The number of aliphatic hydroxyl groups excluding tert-OH is 1. The first-order valence-corrected chi connectivity index (χ1v) is 11.2. The first-order chi connectivity index (χ1) is 14.4. The van der Waals surface area contributed by atoms with Crippen LogP contribution in [-0.2, 0) is 26.0 Å². The minimum Gasteiger partial charge on any atom is -0.484 e. The molecule has 0 radical (unpaired) electrons. The van der Waals surface area contributed by atoms with Gasteiger partial charge in [-0.2, -0.15) is 0 Å².